The van der Waals surface area contributed by atoms with Crippen molar-refractivity contribution in [3.63, 3.8) is 0 Å². The van der Waals surface area contributed by atoms with E-state index >= 15 is 0 Å². The first-order valence-electron chi connectivity index (χ1n) is 20.1. The highest BCUT2D eigenvalue weighted by molar-refractivity contribution is 5.97. The summed E-state index contributed by atoms with van der Waals surface area (Å²) in [7, 11) is 7.41. The summed E-state index contributed by atoms with van der Waals surface area (Å²) in [6, 6.07) is 10.8. The molecule has 1 heterocycles. The van der Waals surface area contributed by atoms with Crippen LogP contribution in [0.15, 0.2) is 60.2 Å². The second-order valence-corrected chi connectivity index (χ2v) is 17.1. The Morgan fingerprint density at radius 2 is 1.93 bits per heavy atom. The zero-order valence-electron chi connectivity index (χ0n) is 34.0. The number of carbonyl (C=O) groups excluding carboxylic acids is 2. The fourth-order valence-electron chi connectivity index (χ4n) is 9.78. The summed E-state index contributed by atoms with van der Waals surface area (Å²) in [4.78, 5) is 36.5. The number of hydrogen-bond acceptors (Lipinski definition) is 9. The van der Waals surface area contributed by atoms with Gasteiger partial charge in [-0.3, -0.25) is 14.4 Å². The van der Waals surface area contributed by atoms with Gasteiger partial charge in [0.15, 0.2) is 0 Å². The van der Waals surface area contributed by atoms with Crippen molar-refractivity contribution in [2.24, 2.45) is 29.1 Å². The first kappa shape index (κ1) is 40.9. The topological polar surface area (TPSA) is 136 Å². The number of ether oxygens (including phenoxy) is 1. The van der Waals surface area contributed by atoms with Gasteiger partial charge < -0.3 is 35.8 Å². The quantitative estimate of drug-likeness (QED) is 0.169. The van der Waals surface area contributed by atoms with Crippen LogP contribution in [0.4, 0.5) is 5.69 Å². The Labute approximate surface area is 327 Å². The Bertz CT molecular complexity index is 1760. The Hall–Kier alpha value is -3.74. The SMILES string of the molecule is CNC[C@H](CC1=CCCC=C1)NC(=O)c1cc(-c2cccc(CN3O[C@@H](CO)[C@@H]([C@H](C)O)[C@H]3C(=O)N[C@H]3C[C@H]4C[C@@H]([C@@H]3C)C4(C)C)c2OC)cc(N(C)C)c1. The van der Waals surface area contributed by atoms with Gasteiger partial charge in [-0.1, -0.05) is 62.8 Å². The molecule has 5 aliphatic rings. The normalized spacial score (nSPS) is 28.1. The molecule has 2 aromatic rings. The molecule has 300 valence electrons. The van der Waals surface area contributed by atoms with Gasteiger partial charge in [0.2, 0.25) is 5.91 Å². The number of nitrogens with zero attached hydrogens (tertiary/aromatic N) is 2. The molecule has 1 aliphatic heterocycles. The molecule has 4 aliphatic carbocycles. The molecule has 0 spiro atoms. The lowest BCUT2D eigenvalue weighted by Gasteiger charge is -2.62. The molecule has 0 aromatic heterocycles. The number of likely N-dealkylation sites (N-methyl/N-ethyl adjacent to an activating group) is 1. The van der Waals surface area contributed by atoms with E-state index in [2.05, 4.69) is 54.9 Å². The van der Waals surface area contributed by atoms with E-state index in [0.717, 1.165) is 48.1 Å². The van der Waals surface area contributed by atoms with Crippen LogP contribution in [0.3, 0.4) is 0 Å². The molecule has 3 saturated carbocycles. The van der Waals surface area contributed by atoms with Crippen molar-refractivity contribution in [3.05, 3.63) is 71.3 Å². The number of para-hydroxylation sites is 1. The van der Waals surface area contributed by atoms with E-state index in [9.17, 15) is 19.8 Å². The first-order valence-corrected chi connectivity index (χ1v) is 20.1. The molecule has 0 radical (unpaired) electrons. The van der Waals surface area contributed by atoms with Crippen molar-refractivity contribution in [3.8, 4) is 16.9 Å². The van der Waals surface area contributed by atoms with Crippen LogP contribution in [0.5, 0.6) is 5.75 Å². The minimum absolute atomic E-state index is 0.0388. The van der Waals surface area contributed by atoms with Gasteiger partial charge >= 0.3 is 0 Å². The fourth-order valence-corrected chi connectivity index (χ4v) is 9.78. The van der Waals surface area contributed by atoms with Crippen molar-refractivity contribution in [1.82, 2.24) is 21.0 Å². The van der Waals surface area contributed by atoms with Gasteiger partial charge in [-0.25, -0.2) is 0 Å². The third kappa shape index (κ3) is 8.51. The molecule has 5 N–H and O–H groups in total. The lowest BCUT2D eigenvalue weighted by atomic mass is 9.45. The highest BCUT2D eigenvalue weighted by Crippen LogP contribution is 2.61. The summed E-state index contributed by atoms with van der Waals surface area (Å²) in [6.45, 7) is 9.04. The summed E-state index contributed by atoms with van der Waals surface area (Å²) in [5, 5.41) is 32.8. The molecule has 2 aromatic carbocycles. The van der Waals surface area contributed by atoms with E-state index < -0.39 is 24.2 Å². The van der Waals surface area contributed by atoms with Crippen LogP contribution >= 0.6 is 0 Å². The van der Waals surface area contributed by atoms with Gasteiger partial charge in [0.25, 0.3) is 5.91 Å². The van der Waals surface area contributed by atoms with Crippen LogP contribution in [-0.4, -0.2) is 98.8 Å². The minimum Gasteiger partial charge on any atom is -0.496 e. The second-order valence-electron chi connectivity index (χ2n) is 17.1. The van der Waals surface area contributed by atoms with Crippen LogP contribution in [0.1, 0.15) is 75.7 Å². The highest BCUT2D eigenvalue weighted by Gasteiger charge is 2.57. The molecular formula is C44H63N5O6. The van der Waals surface area contributed by atoms with Crippen LogP contribution in [-0.2, 0) is 16.2 Å². The first-order chi connectivity index (χ1) is 26.3. The van der Waals surface area contributed by atoms with Gasteiger partial charge in [0.05, 0.1) is 26.4 Å². The van der Waals surface area contributed by atoms with E-state index in [0.29, 0.717) is 35.6 Å². The summed E-state index contributed by atoms with van der Waals surface area (Å²) < 4.78 is 6.10. The molecule has 0 unspecified atom stereocenters. The highest BCUT2D eigenvalue weighted by atomic mass is 16.7. The monoisotopic (exact) mass is 757 g/mol. The van der Waals surface area contributed by atoms with Crippen molar-refractivity contribution >= 4 is 17.5 Å². The number of rotatable bonds is 15. The summed E-state index contributed by atoms with van der Waals surface area (Å²) in [6.07, 6.45) is 9.86. The number of hydroxylamine groups is 2. The Kier molecular flexibility index (Phi) is 12.8. The minimum atomic E-state index is -0.899. The molecule has 1 saturated heterocycles. The van der Waals surface area contributed by atoms with Crippen molar-refractivity contribution in [2.75, 3.05) is 46.3 Å². The molecule has 11 heteroatoms. The Morgan fingerprint density at radius 1 is 1.15 bits per heavy atom. The average Bonchev–Trinajstić information content (AvgIpc) is 3.54. The van der Waals surface area contributed by atoms with Gasteiger partial charge in [-0.2, -0.15) is 5.06 Å². The Balaban J connectivity index is 1.27. The standard InChI is InChI=1S/C44H63N5O6/c1-26-36-21-32(44(36,3)4)22-37(26)47-43(53)40-39(27(2)51)38(25-50)55-49(40)24-29-15-12-16-35(41(29)54-8)30-18-31(20-34(19-30)48(6)7)42(52)46-33(23-45-5)17-28-13-10-9-11-14-28/h10,12-16,18-20,26-27,32-33,36-40,45,50-51H,9,11,17,21-25H2,1-8H3,(H,46,52)(H,47,53)/t26-,27-,32+,33-,36-,37-,38-,39+,40-/m0/s1. The number of hydrogen-bond donors (Lipinski definition) is 5. The second kappa shape index (κ2) is 17.2. The number of carbonyl (C=O) groups is 2. The van der Waals surface area contributed by atoms with Gasteiger partial charge in [-0.05, 0) is 93.0 Å². The number of amides is 2. The number of benzene rings is 2. The van der Waals surface area contributed by atoms with Gasteiger partial charge in [0, 0.05) is 61.0 Å². The molecule has 2 amide bonds. The maximum atomic E-state index is 14.3. The van der Waals surface area contributed by atoms with Crippen LogP contribution in [0, 0.1) is 29.1 Å². The smallest absolute Gasteiger partial charge is 0.251 e. The molecule has 9 atom stereocenters. The zero-order valence-corrected chi connectivity index (χ0v) is 34.0. The van der Waals surface area contributed by atoms with E-state index in [4.69, 9.17) is 9.57 Å². The lowest BCUT2D eigenvalue weighted by Crippen LogP contribution is -2.62. The number of fused-ring (bicyclic) bond motifs is 2. The zero-order chi connectivity index (χ0) is 39.6. The largest absolute Gasteiger partial charge is 0.496 e. The maximum Gasteiger partial charge on any atom is 0.251 e. The van der Waals surface area contributed by atoms with Crippen molar-refractivity contribution < 1.29 is 29.4 Å². The predicted molar refractivity (Wildman–Crippen MR) is 217 cm³/mol. The number of aliphatic hydroxyl groups is 2. The lowest BCUT2D eigenvalue weighted by molar-refractivity contribution is -0.183. The Morgan fingerprint density at radius 3 is 2.55 bits per heavy atom. The molecular weight excluding hydrogens is 695 g/mol. The van der Waals surface area contributed by atoms with Crippen LogP contribution in [0.25, 0.3) is 11.1 Å². The van der Waals surface area contributed by atoms with Crippen LogP contribution < -0.4 is 25.6 Å². The van der Waals surface area contributed by atoms with Crippen molar-refractivity contribution in [1.29, 1.82) is 0 Å². The number of allylic oxidation sites excluding steroid dienone is 3. The summed E-state index contributed by atoms with van der Waals surface area (Å²) >= 11 is 0. The maximum absolute atomic E-state index is 14.3. The van der Waals surface area contributed by atoms with E-state index in [1.54, 1.807) is 19.1 Å². The van der Waals surface area contributed by atoms with Gasteiger partial charge in [-0.15, -0.1) is 0 Å². The molecule has 4 fully saturated rings. The molecule has 7 rings (SSSR count). The predicted octanol–water partition coefficient (Wildman–Crippen LogP) is 5.07. The van der Waals surface area contributed by atoms with E-state index in [1.165, 1.54) is 12.0 Å². The summed E-state index contributed by atoms with van der Waals surface area (Å²) in [5.41, 5.74) is 5.26. The number of aliphatic hydroxyl groups excluding tert-OH is 2. The fraction of sp³-hybridized carbons (Fsp3) is 0.591. The van der Waals surface area contributed by atoms with E-state index in [-0.39, 0.29) is 42.5 Å². The summed E-state index contributed by atoms with van der Waals surface area (Å²) in [5.74, 6) is 1.05. The molecule has 2 bridgehead atoms. The number of methoxy groups -OCH3 is 1. The van der Waals surface area contributed by atoms with Gasteiger partial charge in [0.1, 0.15) is 17.9 Å². The van der Waals surface area contributed by atoms with E-state index in [1.807, 2.05) is 62.4 Å². The molecule has 11 nitrogen and oxygen atoms in total. The number of anilines is 1. The van der Waals surface area contributed by atoms with Crippen molar-refractivity contribution in [2.45, 2.75) is 96.7 Å². The van der Waals surface area contributed by atoms with Crippen LogP contribution in [0.2, 0.25) is 0 Å². The third-order valence-corrected chi connectivity index (χ3v) is 13.0. The molecule has 55 heavy (non-hydrogen) atoms. The average molecular weight is 758 g/mol. The third-order valence-electron chi connectivity index (χ3n) is 13.0. The number of nitrogens with one attached hydrogen (secondary N) is 3.